The third-order valence-electron chi connectivity index (χ3n) is 6.88. The Kier molecular flexibility index (Phi) is 9.37. The molecule has 10 nitrogen and oxygen atoms in total. The third kappa shape index (κ3) is 6.52. The molecule has 1 aromatic heterocycles. The molecule has 206 valence electrons. The Morgan fingerprint density at radius 2 is 1.95 bits per heavy atom. The number of piperidine rings is 1. The number of methoxy groups -OCH3 is 2. The van der Waals surface area contributed by atoms with Gasteiger partial charge in [-0.25, -0.2) is 18.1 Å². The lowest BCUT2D eigenvalue weighted by atomic mass is 9.96. The van der Waals surface area contributed by atoms with Crippen LogP contribution in [-0.2, 0) is 26.1 Å². The van der Waals surface area contributed by atoms with Crippen LogP contribution in [0.1, 0.15) is 37.4 Å². The fourth-order valence-corrected chi connectivity index (χ4v) is 6.25. The highest BCUT2D eigenvalue weighted by Gasteiger charge is 2.29. The SMILES string of the molecule is COCCCn1c(C2CCCN(C(=O)CC(N)CNS(=O)(=O)c3ccccc3OC)C2)nc2ccccc21. The maximum atomic E-state index is 13.2. The highest BCUT2D eigenvalue weighted by Crippen LogP contribution is 2.30. The van der Waals surface area contributed by atoms with Gasteiger partial charge >= 0.3 is 0 Å². The van der Waals surface area contributed by atoms with Crippen molar-refractivity contribution in [3.05, 3.63) is 54.4 Å². The number of hydrogen-bond acceptors (Lipinski definition) is 7. The zero-order valence-corrected chi connectivity index (χ0v) is 22.8. The van der Waals surface area contributed by atoms with Gasteiger partial charge in [0, 0.05) is 58.3 Å². The average Bonchev–Trinajstić information content (AvgIpc) is 3.31. The fourth-order valence-electron chi connectivity index (χ4n) is 4.98. The summed E-state index contributed by atoms with van der Waals surface area (Å²) in [6.45, 7) is 2.62. The van der Waals surface area contributed by atoms with Gasteiger partial charge in [-0.3, -0.25) is 4.79 Å². The summed E-state index contributed by atoms with van der Waals surface area (Å²) >= 11 is 0. The molecule has 11 heteroatoms. The number of carbonyl (C=O) groups is 1. The second-order valence-electron chi connectivity index (χ2n) is 9.60. The number of carbonyl (C=O) groups excluding carboxylic acids is 1. The first-order valence-electron chi connectivity index (χ1n) is 12.9. The van der Waals surface area contributed by atoms with Gasteiger partial charge in [0.1, 0.15) is 16.5 Å². The van der Waals surface area contributed by atoms with Crippen molar-refractivity contribution in [2.45, 2.75) is 49.1 Å². The lowest BCUT2D eigenvalue weighted by Gasteiger charge is -2.33. The van der Waals surface area contributed by atoms with Gasteiger partial charge in [0.25, 0.3) is 0 Å². The summed E-state index contributed by atoms with van der Waals surface area (Å²) in [6.07, 6.45) is 2.74. The zero-order chi connectivity index (χ0) is 27.1. The number of aryl methyl sites for hydroxylation is 1. The van der Waals surface area contributed by atoms with E-state index in [0.29, 0.717) is 19.7 Å². The summed E-state index contributed by atoms with van der Waals surface area (Å²) in [7, 11) is -0.715. The highest BCUT2D eigenvalue weighted by molar-refractivity contribution is 7.89. The molecule has 2 heterocycles. The van der Waals surface area contributed by atoms with Gasteiger partial charge in [-0.05, 0) is 43.5 Å². The maximum absolute atomic E-state index is 13.2. The summed E-state index contributed by atoms with van der Waals surface area (Å²) < 4.78 is 40.7. The van der Waals surface area contributed by atoms with E-state index in [9.17, 15) is 13.2 Å². The molecule has 2 unspecified atom stereocenters. The number of nitrogens with one attached hydrogen (secondary N) is 1. The van der Waals surface area contributed by atoms with Gasteiger partial charge < -0.3 is 24.7 Å². The molecule has 0 spiro atoms. The van der Waals surface area contributed by atoms with Gasteiger partial charge in [-0.15, -0.1) is 0 Å². The van der Waals surface area contributed by atoms with Crippen molar-refractivity contribution in [1.29, 1.82) is 0 Å². The van der Waals surface area contributed by atoms with Crippen LogP contribution in [0.2, 0.25) is 0 Å². The van der Waals surface area contributed by atoms with Gasteiger partial charge in [0.15, 0.2) is 0 Å². The number of hydrogen-bond donors (Lipinski definition) is 2. The lowest BCUT2D eigenvalue weighted by molar-refractivity contribution is -0.132. The number of fused-ring (bicyclic) bond motifs is 1. The number of nitrogens with zero attached hydrogens (tertiary/aromatic N) is 3. The Morgan fingerprint density at radius 3 is 2.74 bits per heavy atom. The minimum atomic E-state index is -3.83. The van der Waals surface area contributed by atoms with E-state index in [1.54, 1.807) is 25.3 Å². The van der Waals surface area contributed by atoms with Crippen molar-refractivity contribution in [3.8, 4) is 5.75 Å². The number of benzene rings is 2. The molecule has 0 saturated carbocycles. The number of ether oxygens (including phenoxy) is 2. The number of amides is 1. The number of imidazole rings is 1. The minimum Gasteiger partial charge on any atom is -0.495 e. The maximum Gasteiger partial charge on any atom is 0.244 e. The predicted molar refractivity (Wildman–Crippen MR) is 146 cm³/mol. The van der Waals surface area contributed by atoms with Gasteiger partial charge in [0.05, 0.1) is 18.1 Å². The zero-order valence-electron chi connectivity index (χ0n) is 22.0. The Hall–Kier alpha value is -2.99. The molecule has 2 aromatic carbocycles. The van der Waals surface area contributed by atoms with Crippen LogP contribution in [0.3, 0.4) is 0 Å². The second kappa shape index (κ2) is 12.7. The minimum absolute atomic E-state index is 0.0355. The molecular formula is C27H37N5O5S. The van der Waals surface area contributed by atoms with E-state index in [1.807, 2.05) is 23.1 Å². The number of para-hydroxylation sites is 3. The second-order valence-corrected chi connectivity index (χ2v) is 11.3. The number of rotatable bonds is 12. The predicted octanol–water partition coefficient (Wildman–Crippen LogP) is 2.48. The highest BCUT2D eigenvalue weighted by atomic mass is 32.2. The van der Waals surface area contributed by atoms with Crippen LogP contribution in [0.25, 0.3) is 11.0 Å². The fraction of sp³-hybridized carbons (Fsp3) is 0.481. The van der Waals surface area contributed by atoms with Crippen LogP contribution in [-0.4, -0.2) is 75.3 Å². The molecule has 1 amide bonds. The molecule has 1 aliphatic rings. The van der Waals surface area contributed by atoms with Crippen molar-refractivity contribution in [2.75, 3.05) is 40.5 Å². The molecule has 2 atom stereocenters. The van der Waals surface area contributed by atoms with Crippen molar-refractivity contribution in [3.63, 3.8) is 0 Å². The van der Waals surface area contributed by atoms with Crippen LogP contribution in [0.15, 0.2) is 53.4 Å². The van der Waals surface area contributed by atoms with Crippen molar-refractivity contribution in [2.24, 2.45) is 5.73 Å². The molecule has 38 heavy (non-hydrogen) atoms. The standard InChI is InChI=1S/C27H37N5O5S/c1-36-16-8-15-32-23-11-4-3-10-22(23)30-27(32)20-9-7-14-31(19-20)26(33)17-21(28)18-29-38(34,35)25-13-6-5-12-24(25)37-2/h3-6,10-13,20-21,29H,7-9,14-19,28H2,1-2H3. The molecular weight excluding hydrogens is 506 g/mol. The number of nitrogens with two attached hydrogens (primary N) is 1. The number of sulfonamides is 1. The Morgan fingerprint density at radius 1 is 1.18 bits per heavy atom. The molecule has 1 aliphatic heterocycles. The summed E-state index contributed by atoms with van der Waals surface area (Å²) in [5.74, 6) is 1.27. The topological polar surface area (TPSA) is 129 Å². The smallest absolute Gasteiger partial charge is 0.244 e. The molecule has 1 saturated heterocycles. The van der Waals surface area contributed by atoms with E-state index in [1.165, 1.54) is 13.2 Å². The lowest BCUT2D eigenvalue weighted by Crippen LogP contribution is -2.45. The van der Waals surface area contributed by atoms with Crippen LogP contribution in [0, 0.1) is 0 Å². The summed E-state index contributed by atoms with van der Waals surface area (Å²) in [6, 6.07) is 13.8. The van der Waals surface area contributed by atoms with Crippen LogP contribution in [0.5, 0.6) is 5.75 Å². The molecule has 0 radical (unpaired) electrons. The van der Waals surface area contributed by atoms with Crippen LogP contribution in [0.4, 0.5) is 0 Å². The summed E-state index contributed by atoms with van der Waals surface area (Å²) in [5.41, 5.74) is 8.23. The van der Waals surface area contributed by atoms with E-state index < -0.39 is 16.1 Å². The molecule has 3 aromatic rings. The van der Waals surface area contributed by atoms with Crippen LogP contribution >= 0.6 is 0 Å². The first kappa shape index (κ1) is 28.0. The first-order valence-corrected chi connectivity index (χ1v) is 14.4. The van der Waals surface area contributed by atoms with Gasteiger partial charge in [-0.2, -0.15) is 0 Å². The van der Waals surface area contributed by atoms with Crippen molar-refractivity contribution >= 4 is 27.0 Å². The molecule has 1 fully saturated rings. The molecule has 4 rings (SSSR count). The van der Waals surface area contributed by atoms with Crippen LogP contribution < -0.4 is 15.2 Å². The average molecular weight is 544 g/mol. The Balaban J connectivity index is 1.39. The van der Waals surface area contributed by atoms with E-state index in [2.05, 4.69) is 15.4 Å². The van der Waals surface area contributed by atoms with E-state index in [-0.39, 0.29) is 35.4 Å². The number of aromatic nitrogens is 2. The van der Waals surface area contributed by atoms with E-state index in [4.69, 9.17) is 20.2 Å². The largest absolute Gasteiger partial charge is 0.495 e. The van der Waals surface area contributed by atoms with Gasteiger partial charge in [0.2, 0.25) is 15.9 Å². The van der Waals surface area contributed by atoms with Crippen molar-refractivity contribution < 1.29 is 22.7 Å². The Labute approximate surface area is 224 Å². The van der Waals surface area contributed by atoms with Gasteiger partial charge in [-0.1, -0.05) is 24.3 Å². The quantitative estimate of drug-likeness (QED) is 0.336. The normalized spacial score (nSPS) is 17.0. The molecule has 3 N–H and O–H groups in total. The number of likely N-dealkylation sites (tertiary alicyclic amines) is 1. The molecule has 0 bridgehead atoms. The van der Waals surface area contributed by atoms with Crippen molar-refractivity contribution in [1.82, 2.24) is 19.2 Å². The molecule has 0 aliphatic carbocycles. The third-order valence-corrected chi connectivity index (χ3v) is 8.35. The monoisotopic (exact) mass is 543 g/mol. The first-order chi connectivity index (χ1) is 18.3. The Bertz CT molecular complexity index is 1340. The van der Waals surface area contributed by atoms with E-state index >= 15 is 0 Å². The summed E-state index contributed by atoms with van der Waals surface area (Å²) in [4.78, 5) is 20.0. The van der Waals surface area contributed by atoms with E-state index in [0.717, 1.165) is 42.7 Å². The summed E-state index contributed by atoms with van der Waals surface area (Å²) in [5, 5.41) is 0.